The fourth-order valence-corrected chi connectivity index (χ4v) is 1.50. The molecule has 1 nitrogen and oxygen atoms in total. The largest absolute Gasteiger partial charge is 0.446 e. The van der Waals surface area contributed by atoms with Gasteiger partial charge in [0.2, 0.25) is 0 Å². The smallest absolute Gasteiger partial charge is 0.288 e. The summed E-state index contributed by atoms with van der Waals surface area (Å²) in [5, 5.41) is 10.5. The molecule has 0 aliphatic heterocycles. The van der Waals surface area contributed by atoms with Crippen molar-refractivity contribution in [3.05, 3.63) is 23.2 Å². The van der Waals surface area contributed by atoms with Crippen molar-refractivity contribution in [2.45, 2.75) is 10.4 Å². The molecule has 0 aliphatic rings. The predicted molar refractivity (Wildman–Crippen MR) is 43.5 cm³/mol. The lowest BCUT2D eigenvalue weighted by Gasteiger charge is -2.05. The molecule has 0 N–H and O–H groups in total. The summed E-state index contributed by atoms with van der Waals surface area (Å²) in [6.07, 6.45) is 0. The van der Waals surface area contributed by atoms with Gasteiger partial charge >= 0.3 is 5.51 Å². The highest BCUT2D eigenvalue weighted by Crippen LogP contribution is 2.39. The first-order valence-electron chi connectivity index (χ1n) is 3.11. The molecule has 0 bridgehead atoms. The third-order valence-corrected chi connectivity index (χ3v) is 2.15. The second-order valence-electron chi connectivity index (χ2n) is 2.14. The van der Waals surface area contributed by atoms with Gasteiger partial charge in [-0.15, -0.1) is 0 Å². The maximum atomic E-state index is 11.8. The lowest BCUT2D eigenvalue weighted by Crippen LogP contribution is -1.98. The van der Waals surface area contributed by atoms with E-state index in [1.54, 1.807) is 0 Å². The number of rotatable bonds is 1. The van der Waals surface area contributed by atoms with Crippen molar-refractivity contribution in [3.63, 3.8) is 0 Å². The maximum Gasteiger partial charge on any atom is 0.446 e. The van der Waals surface area contributed by atoms with Crippen molar-refractivity contribution in [3.8, 4) is 5.75 Å². The molecule has 0 unspecified atom stereocenters. The van der Waals surface area contributed by atoms with Crippen LogP contribution in [0.1, 0.15) is 0 Å². The summed E-state index contributed by atoms with van der Waals surface area (Å²) in [6, 6.07) is 3.10. The van der Waals surface area contributed by atoms with Crippen LogP contribution in [0.15, 0.2) is 23.1 Å². The average molecular weight is 228 g/mol. The molecular weight excluding hydrogens is 225 g/mol. The Balaban J connectivity index is 2.86. The minimum Gasteiger partial charge on any atom is -0.288 e. The monoisotopic (exact) mass is 227 g/mol. The molecule has 0 saturated carbocycles. The second kappa shape index (κ2) is 3.67. The van der Waals surface area contributed by atoms with Crippen LogP contribution >= 0.6 is 23.4 Å². The van der Waals surface area contributed by atoms with E-state index < -0.39 is 11.3 Å². The third-order valence-electron chi connectivity index (χ3n) is 1.14. The fourth-order valence-electron chi connectivity index (χ4n) is 0.679. The molecule has 1 radical (unpaired) electrons. The molecule has 0 aromatic heterocycles. The van der Waals surface area contributed by atoms with E-state index in [-0.39, 0.29) is 21.7 Å². The summed E-state index contributed by atoms with van der Waals surface area (Å²) >= 11 is 5.05. The van der Waals surface area contributed by atoms with Gasteiger partial charge in [0.15, 0.2) is 5.75 Å². The van der Waals surface area contributed by atoms with Gasteiger partial charge < -0.3 is 0 Å². The Bertz CT molecular complexity index is 313. The summed E-state index contributed by atoms with van der Waals surface area (Å²) in [5.74, 6) is -0.479. The normalized spacial score (nSPS) is 11.7. The van der Waals surface area contributed by atoms with Crippen LogP contribution in [0, 0.1) is 0 Å². The number of benzene rings is 1. The summed E-state index contributed by atoms with van der Waals surface area (Å²) in [5.41, 5.74) is -4.35. The zero-order valence-electron chi connectivity index (χ0n) is 6.06. The zero-order chi connectivity index (χ0) is 10.1. The predicted octanol–water partition coefficient (Wildman–Crippen LogP) is 4.10. The second-order valence-corrected chi connectivity index (χ2v) is 3.69. The standard InChI is InChI=1S/C7H3ClF3OS/c8-5-3-4(1-2-6(5)12)13-7(9,10)11/h1-3H. The number of halogens is 4. The van der Waals surface area contributed by atoms with Crippen LogP contribution in [0.2, 0.25) is 5.02 Å². The number of alkyl halides is 3. The van der Waals surface area contributed by atoms with E-state index >= 15 is 0 Å². The summed E-state index contributed by atoms with van der Waals surface area (Å²) < 4.78 is 35.4. The van der Waals surface area contributed by atoms with Gasteiger partial charge in [-0.05, 0) is 30.0 Å². The highest BCUT2D eigenvalue weighted by molar-refractivity contribution is 8.00. The molecule has 1 aromatic rings. The molecule has 71 valence electrons. The minimum atomic E-state index is -4.35. The lowest BCUT2D eigenvalue weighted by molar-refractivity contribution is -0.0328. The van der Waals surface area contributed by atoms with Crippen LogP contribution in [-0.2, 0) is 5.11 Å². The Morgan fingerprint density at radius 1 is 1.31 bits per heavy atom. The van der Waals surface area contributed by atoms with Crippen molar-refractivity contribution in [1.82, 2.24) is 0 Å². The first kappa shape index (κ1) is 10.5. The Labute approximate surface area is 81.5 Å². The summed E-state index contributed by atoms with van der Waals surface area (Å²) in [4.78, 5) is -0.0860. The van der Waals surface area contributed by atoms with Crippen molar-refractivity contribution >= 4 is 23.4 Å². The Hall–Kier alpha value is -0.550. The van der Waals surface area contributed by atoms with Gasteiger partial charge in [0, 0.05) is 4.90 Å². The molecule has 1 aromatic carbocycles. The maximum absolute atomic E-state index is 11.8. The van der Waals surface area contributed by atoms with Gasteiger partial charge in [-0.2, -0.15) is 13.2 Å². The number of thioether (sulfide) groups is 1. The van der Waals surface area contributed by atoms with Gasteiger partial charge in [0.1, 0.15) is 0 Å². The summed E-state index contributed by atoms with van der Waals surface area (Å²) in [6.45, 7) is 0. The van der Waals surface area contributed by atoms with E-state index in [1.165, 1.54) is 0 Å². The molecule has 0 aliphatic carbocycles. The van der Waals surface area contributed by atoms with Crippen LogP contribution in [0.4, 0.5) is 13.2 Å². The fraction of sp³-hybridized carbons (Fsp3) is 0.143. The molecule has 0 amide bonds. The Kier molecular flexibility index (Phi) is 2.98. The molecule has 13 heavy (non-hydrogen) atoms. The molecule has 0 fully saturated rings. The number of hydrogen-bond donors (Lipinski definition) is 0. The van der Waals surface area contributed by atoms with Crippen molar-refractivity contribution in [2.24, 2.45) is 0 Å². The molecular formula is C7H3ClF3OS. The van der Waals surface area contributed by atoms with Crippen LogP contribution in [0.5, 0.6) is 5.75 Å². The minimum absolute atomic E-state index is 0.0860. The van der Waals surface area contributed by atoms with Crippen LogP contribution < -0.4 is 0 Å². The van der Waals surface area contributed by atoms with Crippen LogP contribution in [-0.4, -0.2) is 5.51 Å². The quantitative estimate of drug-likeness (QED) is 0.662. The zero-order valence-corrected chi connectivity index (χ0v) is 7.63. The SMILES string of the molecule is [O]c1ccc(SC(F)(F)F)cc1Cl. The van der Waals surface area contributed by atoms with E-state index in [9.17, 15) is 18.3 Å². The van der Waals surface area contributed by atoms with E-state index in [0.717, 1.165) is 18.2 Å². The lowest BCUT2D eigenvalue weighted by atomic mass is 10.3. The van der Waals surface area contributed by atoms with Crippen molar-refractivity contribution < 1.29 is 18.3 Å². The van der Waals surface area contributed by atoms with E-state index in [0.29, 0.717) is 0 Å². The average Bonchev–Trinajstić information content (AvgIpc) is 1.94. The number of hydrogen-bond acceptors (Lipinski definition) is 1. The Morgan fingerprint density at radius 2 is 1.92 bits per heavy atom. The first-order chi connectivity index (χ1) is 5.88. The first-order valence-corrected chi connectivity index (χ1v) is 4.30. The van der Waals surface area contributed by atoms with Gasteiger partial charge in [-0.3, -0.25) is 5.11 Å². The molecule has 0 saturated heterocycles. The van der Waals surface area contributed by atoms with Gasteiger partial charge in [0.25, 0.3) is 0 Å². The van der Waals surface area contributed by atoms with Crippen molar-refractivity contribution in [1.29, 1.82) is 0 Å². The Morgan fingerprint density at radius 3 is 2.38 bits per heavy atom. The molecule has 0 atom stereocenters. The molecule has 0 heterocycles. The van der Waals surface area contributed by atoms with Crippen molar-refractivity contribution in [2.75, 3.05) is 0 Å². The van der Waals surface area contributed by atoms with Gasteiger partial charge in [-0.1, -0.05) is 11.6 Å². The van der Waals surface area contributed by atoms with Gasteiger partial charge in [-0.25, -0.2) is 0 Å². The van der Waals surface area contributed by atoms with E-state index in [4.69, 9.17) is 11.6 Å². The summed E-state index contributed by atoms with van der Waals surface area (Å²) in [7, 11) is 0. The van der Waals surface area contributed by atoms with Crippen LogP contribution in [0.3, 0.4) is 0 Å². The highest BCUT2D eigenvalue weighted by Gasteiger charge is 2.29. The third kappa shape index (κ3) is 3.36. The van der Waals surface area contributed by atoms with Crippen LogP contribution in [0.25, 0.3) is 0 Å². The molecule has 6 heteroatoms. The molecule has 0 spiro atoms. The molecule has 1 rings (SSSR count). The van der Waals surface area contributed by atoms with Gasteiger partial charge in [0.05, 0.1) is 5.02 Å². The van der Waals surface area contributed by atoms with E-state index in [2.05, 4.69) is 0 Å². The van der Waals surface area contributed by atoms with E-state index in [1.807, 2.05) is 0 Å². The topological polar surface area (TPSA) is 19.9 Å². The highest BCUT2D eigenvalue weighted by atomic mass is 35.5.